The summed E-state index contributed by atoms with van der Waals surface area (Å²) < 4.78 is 13.3. The smallest absolute Gasteiger partial charge is 0.123 e. The van der Waals surface area contributed by atoms with Crippen LogP contribution in [0, 0.1) is 11.7 Å². The SMILES string of the molecule is CC(c1cccc(F)c1)N1CCC(CNC2CC2)C1. The minimum atomic E-state index is -0.129. The predicted molar refractivity (Wildman–Crippen MR) is 75.5 cm³/mol. The first-order valence-electron chi connectivity index (χ1n) is 7.45. The fraction of sp³-hybridized carbons (Fsp3) is 0.625. The largest absolute Gasteiger partial charge is 0.314 e. The standard InChI is InChI=1S/C16H23FN2/c1-12(14-3-2-4-15(17)9-14)19-8-7-13(11-19)10-18-16-5-6-16/h2-4,9,12-13,16,18H,5-8,10-11H2,1H3. The van der Waals surface area contributed by atoms with E-state index in [1.54, 1.807) is 6.07 Å². The van der Waals surface area contributed by atoms with E-state index in [-0.39, 0.29) is 5.82 Å². The summed E-state index contributed by atoms with van der Waals surface area (Å²) in [6.45, 7) is 5.61. The van der Waals surface area contributed by atoms with Gasteiger partial charge in [-0.2, -0.15) is 0 Å². The van der Waals surface area contributed by atoms with Crippen molar-refractivity contribution in [1.82, 2.24) is 10.2 Å². The van der Waals surface area contributed by atoms with Gasteiger partial charge in [-0.3, -0.25) is 4.90 Å². The van der Waals surface area contributed by atoms with Gasteiger partial charge in [0.2, 0.25) is 0 Å². The molecule has 19 heavy (non-hydrogen) atoms. The van der Waals surface area contributed by atoms with Crippen LogP contribution in [-0.4, -0.2) is 30.6 Å². The molecule has 1 saturated heterocycles. The lowest BCUT2D eigenvalue weighted by Crippen LogP contribution is -2.29. The average Bonchev–Trinajstić information content (AvgIpc) is 3.13. The Morgan fingerprint density at radius 3 is 2.95 bits per heavy atom. The van der Waals surface area contributed by atoms with Crippen molar-refractivity contribution in [1.29, 1.82) is 0 Å². The lowest BCUT2D eigenvalue weighted by atomic mass is 10.1. The Labute approximate surface area is 115 Å². The van der Waals surface area contributed by atoms with E-state index in [1.807, 2.05) is 12.1 Å². The quantitative estimate of drug-likeness (QED) is 0.877. The normalized spacial score (nSPS) is 25.7. The Morgan fingerprint density at radius 1 is 1.37 bits per heavy atom. The summed E-state index contributed by atoms with van der Waals surface area (Å²) in [4.78, 5) is 2.48. The molecule has 104 valence electrons. The van der Waals surface area contributed by atoms with E-state index in [0.717, 1.165) is 37.2 Å². The van der Waals surface area contributed by atoms with E-state index in [9.17, 15) is 4.39 Å². The number of nitrogens with one attached hydrogen (secondary N) is 1. The second-order valence-electron chi connectivity index (χ2n) is 6.06. The van der Waals surface area contributed by atoms with Gasteiger partial charge in [0.25, 0.3) is 0 Å². The Morgan fingerprint density at radius 2 is 2.21 bits per heavy atom. The van der Waals surface area contributed by atoms with Crippen LogP contribution in [-0.2, 0) is 0 Å². The fourth-order valence-electron chi connectivity index (χ4n) is 2.98. The third-order valence-electron chi connectivity index (χ3n) is 4.47. The van der Waals surface area contributed by atoms with Crippen molar-refractivity contribution in [3.05, 3.63) is 35.6 Å². The molecule has 0 spiro atoms. The van der Waals surface area contributed by atoms with Crippen LogP contribution in [0.5, 0.6) is 0 Å². The summed E-state index contributed by atoms with van der Waals surface area (Å²) >= 11 is 0. The van der Waals surface area contributed by atoms with Crippen LogP contribution in [0.1, 0.15) is 37.8 Å². The van der Waals surface area contributed by atoms with E-state index in [2.05, 4.69) is 17.1 Å². The van der Waals surface area contributed by atoms with Crippen LogP contribution in [0.15, 0.2) is 24.3 Å². The van der Waals surface area contributed by atoms with Crippen LogP contribution in [0.3, 0.4) is 0 Å². The molecule has 3 heteroatoms. The highest BCUT2D eigenvalue weighted by Crippen LogP contribution is 2.28. The predicted octanol–water partition coefficient (Wildman–Crippen LogP) is 2.96. The first-order valence-corrected chi connectivity index (χ1v) is 7.45. The number of hydrogen-bond acceptors (Lipinski definition) is 2. The molecule has 2 fully saturated rings. The number of nitrogens with zero attached hydrogens (tertiary/aromatic N) is 1. The molecule has 0 amide bonds. The van der Waals surface area contributed by atoms with Gasteiger partial charge < -0.3 is 5.32 Å². The summed E-state index contributed by atoms with van der Waals surface area (Å²) in [5.74, 6) is 0.632. The minimum Gasteiger partial charge on any atom is -0.314 e. The van der Waals surface area contributed by atoms with Crippen LogP contribution >= 0.6 is 0 Å². The maximum absolute atomic E-state index is 13.3. The van der Waals surface area contributed by atoms with Crippen molar-refractivity contribution in [2.24, 2.45) is 5.92 Å². The van der Waals surface area contributed by atoms with Crippen LogP contribution < -0.4 is 5.32 Å². The lowest BCUT2D eigenvalue weighted by molar-refractivity contribution is 0.251. The minimum absolute atomic E-state index is 0.129. The summed E-state index contributed by atoms with van der Waals surface area (Å²) in [6, 6.07) is 8.15. The molecule has 3 rings (SSSR count). The number of benzene rings is 1. The van der Waals surface area contributed by atoms with Crippen LogP contribution in [0.2, 0.25) is 0 Å². The van der Waals surface area contributed by atoms with Crippen LogP contribution in [0.25, 0.3) is 0 Å². The Kier molecular flexibility index (Phi) is 3.85. The maximum Gasteiger partial charge on any atom is 0.123 e. The monoisotopic (exact) mass is 262 g/mol. The molecule has 0 radical (unpaired) electrons. The zero-order valence-corrected chi connectivity index (χ0v) is 11.6. The third kappa shape index (κ3) is 3.34. The van der Waals surface area contributed by atoms with Crippen molar-refractivity contribution < 1.29 is 4.39 Å². The van der Waals surface area contributed by atoms with E-state index < -0.39 is 0 Å². The highest BCUT2D eigenvalue weighted by atomic mass is 19.1. The summed E-state index contributed by atoms with van der Waals surface area (Å²) in [7, 11) is 0. The zero-order chi connectivity index (χ0) is 13.2. The van der Waals surface area contributed by atoms with Gasteiger partial charge >= 0.3 is 0 Å². The molecule has 1 heterocycles. The van der Waals surface area contributed by atoms with Gasteiger partial charge in [-0.1, -0.05) is 12.1 Å². The van der Waals surface area contributed by atoms with Gasteiger partial charge in [-0.25, -0.2) is 4.39 Å². The van der Waals surface area contributed by atoms with Crippen molar-refractivity contribution in [3.63, 3.8) is 0 Å². The average molecular weight is 262 g/mol. The van der Waals surface area contributed by atoms with Gasteiger partial charge in [0.1, 0.15) is 5.82 Å². The first kappa shape index (κ1) is 13.1. The number of likely N-dealkylation sites (tertiary alicyclic amines) is 1. The molecule has 1 saturated carbocycles. The van der Waals surface area contributed by atoms with E-state index in [4.69, 9.17) is 0 Å². The second kappa shape index (κ2) is 5.59. The molecular weight excluding hydrogens is 239 g/mol. The third-order valence-corrected chi connectivity index (χ3v) is 4.47. The van der Waals surface area contributed by atoms with Gasteiger partial charge in [-0.05, 0) is 62.9 Å². The van der Waals surface area contributed by atoms with Gasteiger partial charge in [0, 0.05) is 18.6 Å². The molecule has 2 nitrogen and oxygen atoms in total. The fourth-order valence-corrected chi connectivity index (χ4v) is 2.98. The van der Waals surface area contributed by atoms with Crippen molar-refractivity contribution in [2.45, 2.75) is 38.3 Å². The second-order valence-corrected chi connectivity index (χ2v) is 6.06. The summed E-state index contributed by atoms with van der Waals surface area (Å²) in [5, 5.41) is 3.62. The highest BCUT2D eigenvalue weighted by Gasteiger charge is 2.28. The molecule has 2 unspecified atom stereocenters. The Balaban J connectivity index is 1.54. The molecule has 0 aromatic heterocycles. The van der Waals surface area contributed by atoms with Crippen LogP contribution in [0.4, 0.5) is 4.39 Å². The van der Waals surface area contributed by atoms with E-state index in [0.29, 0.717) is 6.04 Å². The van der Waals surface area contributed by atoms with Crippen molar-refractivity contribution in [3.8, 4) is 0 Å². The number of rotatable bonds is 5. The number of halogens is 1. The number of hydrogen-bond donors (Lipinski definition) is 1. The zero-order valence-electron chi connectivity index (χ0n) is 11.6. The van der Waals surface area contributed by atoms with E-state index >= 15 is 0 Å². The molecule has 1 aromatic rings. The highest BCUT2D eigenvalue weighted by molar-refractivity contribution is 5.20. The molecule has 1 aliphatic heterocycles. The maximum atomic E-state index is 13.3. The van der Waals surface area contributed by atoms with Gasteiger partial charge in [0.05, 0.1) is 0 Å². The van der Waals surface area contributed by atoms with Crippen molar-refractivity contribution in [2.75, 3.05) is 19.6 Å². The van der Waals surface area contributed by atoms with Gasteiger partial charge in [-0.15, -0.1) is 0 Å². The molecule has 2 aliphatic rings. The molecular formula is C16H23FN2. The summed E-state index contributed by atoms with van der Waals surface area (Å²) in [6.07, 6.45) is 3.98. The van der Waals surface area contributed by atoms with Crippen molar-refractivity contribution >= 4 is 0 Å². The molecule has 1 aliphatic carbocycles. The van der Waals surface area contributed by atoms with E-state index in [1.165, 1.54) is 25.3 Å². The Hall–Kier alpha value is -0.930. The molecule has 2 atom stereocenters. The molecule has 1 N–H and O–H groups in total. The first-order chi connectivity index (χ1) is 9.22. The topological polar surface area (TPSA) is 15.3 Å². The molecule has 1 aromatic carbocycles. The summed E-state index contributed by atoms with van der Waals surface area (Å²) in [5.41, 5.74) is 1.09. The molecule has 0 bridgehead atoms. The Bertz CT molecular complexity index is 431. The van der Waals surface area contributed by atoms with Gasteiger partial charge in [0.15, 0.2) is 0 Å². The lowest BCUT2D eigenvalue weighted by Gasteiger charge is -2.25.